The van der Waals surface area contributed by atoms with Gasteiger partial charge >= 0.3 is 11.5 Å². The predicted molar refractivity (Wildman–Crippen MR) is 113 cm³/mol. The fourth-order valence-corrected chi connectivity index (χ4v) is 4.10. The largest absolute Gasteiger partial charge is 0.446 e. The molecule has 0 radical (unpaired) electrons. The number of ether oxygens (including phenoxy) is 1. The van der Waals surface area contributed by atoms with Gasteiger partial charge in [-0.05, 0) is 53.7 Å². The molecule has 0 unspecified atom stereocenters. The van der Waals surface area contributed by atoms with E-state index >= 15 is 0 Å². The van der Waals surface area contributed by atoms with E-state index in [1.807, 2.05) is 0 Å². The van der Waals surface area contributed by atoms with Crippen LogP contribution in [0.15, 0.2) is 47.5 Å². The minimum absolute atomic E-state index is 0.0450. The van der Waals surface area contributed by atoms with Gasteiger partial charge in [0, 0.05) is 30.7 Å². The number of benzene rings is 1. The maximum atomic E-state index is 12.8. The fourth-order valence-electron chi connectivity index (χ4n) is 3.56. The Morgan fingerprint density at radius 3 is 2.45 bits per heavy atom. The molecule has 4 rings (SSSR count). The zero-order chi connectivity index (χ0) is 23.6. The number of thioether (sulfide) groups is 1. The number of morpholine rings is 1. The van der Waals surface area contributed by atoms with Crippen LogP contribution in [0.2, 0.25) is 0 Å². The lowest BCUT2D eigenvalue weighted by molar-refractivity contribution is -0.116. The predicted octanol–water partition coefficient (Wildman–Crippen LogP) is 3.13. The van der Waals surface area contributed by atoms with E-state index in [-0.39, 0.29) is 47.0 Å². The van der Waals surface area contributed by atoms with Crippen molar-refractivity contribution in [1.29, 1.82) is 0 Å². The van der Waals surface area contributed by atoms with E-state index in [1.54, 1.807) is 17.0 Å². The van der Waals surface area contributed by atoms with Crippen LogP contribution in [-0.4, -0.2) is 71.0 Å². The smallest absolute Gasteiger partial charge is 0.378 e. The molecule has 2 fully saturated rings. The van der Waals surface area contributed by atoms with E-state index < -0.39 is 17.4 Å². The number of carbonyl (C=O) groups is 3. The number of alkyl halides is 3. The van der Waals surface area contributed by atoms with Crippen molar-refractivity contribution in [1.82, 2.24) is 14.8 Å². The summed E-state index contributed by atoms with van der Waals surface area (Å²) < 4.78 is 42.8. The second-order valence-electron chi connectivity index (χ2n) is 7.36. The van der Waals surface area contributed by atoms with Crippen LogP contribution >= 0.6 is 11.8 Å². The molecule has 2 aliphatic heterocycles. The summed E-state index contributed by atoms with van der Waals surface area (Å²) in [6.07, 6.45) is 1.47. The number of carbonyl (C=O) groups excluding carboxylic acids is 3. The molecule has 1 aromatic heterocycles. The van der Waals surface area contributed by atoms with Crippen molar-refractivity contribution in [2.75, 3.05) is 37.7 Å². The summed E-state index contributed by atoms with van der Waals surface area (Å²) in [5.74, 6) is -0.725. The summed E-state index contributed by atoms with van der Waals surface area (Å²) in [5.41, 5.74) is -3.37. The first-order chi connectivity index (χ1) is 15.7. The zero-order valence-electron chi connectivity index (χ0n) is 17.2. The van der Waals surface area contributed by atoms with Gasteiger partial charge in [0.2, 0.25) is 0 Å². The van der Waals surface area contributed by atoms with Gasteiger partial charge in [0.05, 0.1) is 18.9 Å². The zero-order valence-corrected chi connectivity index (χ0v) is 18.1. The maximum absolute atomic E-state index is 12.8. The summed E-state index contributed by atoms with van der Waals surface area (Å²) in [5, 5.41) is 0. The number of hydrogen-bond acceptors (Lipinski definition) is 6. The Bertz CT molecular complexity index is 1060. The van der Waals surface area contributed by atoms with E-state index in [0.717, 1.165) is 4.90 Å². The topological polar surface area (TPSA) is 83.1 Å². The highest BCUT2D eigenvalue weighted by atomic mass is 32.2. The molecular weight excluding hydrogens is 461 g/mol. The molecular formula is C21H19F3N4O4S. The van der Waals surface area contributed by atoms with Crippen molar-refractivity contribution >= 4 is 35.3 Å². The first-order valence-electron chi connectivity index (χ1n) is 10.0. The summed E-state index contributed by atoms with van der Waals surface area (Å²) in [4.78, 5) is 45.9. The van der Waals surface area contributed by atoms with Crippen LogP contribution in [-0.2, 0) is 16.1 Å². The van der Waals surface area contributed by atoms with Gasteiger partial charge in [-0.15, -0.1) is 0 Å². The third kappa shape index (κ3) is 5.45. The third-order valence-electron chi connectivity index (χ3n) is 5.08. The molecule has 174 valence electrons. The van der Waals surface area contributed by atoms with Crippen LogP contribution in [0.25, 0.3) is 0 Å². The van der Waals surface area contributed by atoms with E-state index in [2.05, 4.69) is 4.98 Å². The molecule has 0 atom stereocenters. The quantitative estimate of drug-likeness (QED) is 0.483. The number of rotatable bonds is 5. The van der Waals surface area contributed by atoms with Crippen LogP contribution in [0.3, 0.4) is 0 Å². The van der Waals surface area contributed by atoms with Crippen molar-refractivity contribution < 1.29 is 32.3 Å². The number of imide groups is 1. The Hall–Kier alpha value is -3.12. The van der Waals surface area contributed by atoms with Crippen molar-refractivity contribution in [3.63, 3.8) is 0 Å². The molecule has 3 heterocycles. The maximum Gasteiger partial charge on any atom is 0.446 e. The highest BCUT2D eigenvalue weighted by molar-refractivity contribution is 8.00. The third-order valence-corrected chi connectivity index (χ3v) is 5.82. The first kappa shape index (κ1) is 23.1. The second kappa shape index (κ2) is 9.40. The first-order valence-corrected chi connectivity index (χ1v) is 10.8. The monoisotopic (exact) mass is 480 g/mol. The standard InChI is InChI=1S/C21H19F3N4O4S/c22-21(23,24)33-16-3-1-15(2-4-16)28-18(29)13-27(20(28)31)12-14-5-6-25-17(11-14)19(30)26-7-9-32-10-8-26/h1-6,11H,7-10,12-13H2. The highest BCUT2D eigenvalue weighted by Crippen LogP contribution is 2.37. The minimum atomic E-state index is -4.43. The van der Waals surface area contributed by atoms with Gasteiger partial charge < -0.3 is 14.5 Å². The van der Waals surface area contributed by atoms with Crippen LogP contribution in [0, 0.1) is 0 Å². The van der Waals surface area contributed by atoms with Crippen molar-refractivity contribution in [2.24, 2.45) is 0 Å². The number of halogens is 3. The Balaban J connectivity index is 1.44. The van der Waals surface area contributed by atoms with Gasteiger partial charge in [0.25, 0.3) is 11.8 Å². The van der Waals surface area contributed by atoms with Crippen molar-refractivity contribution in [3.05, 3.63) is 53.9 Å². The lowest BCUT2D eigenvalue weighted by Gasteiger charge is -2.26. The van der Waals surface area contributed by atoms with E-state index in [0.29, 0.717) is 31.9 Å². The van der Waals surface area contributed by atoms with Gasteiger partial charge in [-0.3, -0.25) is 14.6 Å². The summed E-state index contributed by atoms with van der Waals surface area (Å²) in [6, 6.07) is 7.68. The average molecular weight is 480 g/mol. The normalized spacial score (nSPS) is 17.1. The van der Waals surface area contributed by atoms with Crippen LogP contribution < -0.4 is 4.90 Å². The minimum Gasteiger partial charge on any atom is -0.378 e. The van der Waals surface area contributed by atoms with Gasteiger partial charge in [-0.25, -0.2) is 9.69 Å². The fraction of sp³-hybridized carbons (Fsp3) is 0.333. The number of nitrogens with zero attached hydrogens (tertiary/aromatic N) is 4. The second-order valence-corrected chi connectivity index (χ2v) is 8.50. The molecule has 0 aliphatic carbocycles. The molecule has 4 amide bonds. The number of hydrogen-bond donors (Lipinski definition) is 0. The Morgan fingerprint density at radius 1 is 1.09 bits per heavy atom. The lowest BCUT2D eigenvalue weighted by atomic mass is 10.2. The van der Waals surface area contributed by atoms with Gasteiger partial charge in [-0.2, -0.15) is 13.2 Å². The number of anilines is 1. The summed E-state index contributed by atoms with van der Waals surface area (Å²) in [7, 11) is 0. The van der Waals surface area contributed by atoms with Crippen molar-refractivity contribution in [2.45, 2.75) is 16.9 Å². The number of pyridine rings is 1. The van der Waals surface area contributed by atoms with Gasteiger partial charge in [0.1, 0.15) is 12.2 Å². The van der Waals surface area contributed by atoms with E-state index in [9.17, 15) is 27.6 Å². The summed E-state index contributed by atoms with van der Waals surface area (Å²) in [6.45, 7) is 1.75. The molecule has 33 heavy (non-hydrogen) atoms. The summed E-state index contributed by atoms with van der Waals surface area (Å²) >= 11 is -0.273. The van der Waals surface area contributed by atoms with E-state index in [1.165, 1.54) is 35.4 Å². The average Bonchev–Trinajstić information content (AvgIpc) is 3.06. The molecule has 2 aliphatic rings. The Labute approximate surface area is 191 Å². The molecule has 12 heteroatoms. The molecule has 0 bridgehead atoms. The molecule has 0 saturated carbocycles. The molecule has 2 saturated heterocycles. The lowest BCUT2D eigenvalue weighted by Crippen LogP contribution is -2.41. The number of urea groups is 1. The molecule has 1 aromatic carbocycles. The van der Waals surface area contributed by atoms with Crippen LogP contribution in [0.1, 0.15) is 16.1 Å². The van der Waals surface area contributed by atoms with Crippen molar-refractivity contribution in [3.8, 4) is 0 Å². The Morgan fingerprint density at radius 2 is 1.79 bits per heavy atom. The molecule has 0 spiro atoms. The number of aromatic nitrogens is 1. The van der Waals surface area contributed by atoms with Crippen LogP contribution in [0.4, 0.5) is 23.7 Å². The van der Waals surface area contributed by atoms with E-state index in [4.69, 9.17) is 4.74 Å². The van der Waals surface area contributed by atoms with Gasteiger partial charge in [-0.1, -0.05) is 0 Å². The molecule has 0 N–H and O–H groups in total. The SMILES string of the molecule is O=C(c1cc(CN2CC(=O)N(c3ccc(SC(F)(F)F)cc3)C2=O)ccn1)N1CCOCC1. The molecule has 8 nitrogen and oxygen atoms in total. The van der Waals surface area contributed by atoms with Gasteiger partial charge in [0.15, 0.2) is 0 Å². The highest BCUT2D eigenvalue weighted by Gasteiger charge is 2.37. The Kier molecular flexibility index (Phi) is 6.56. The van der Waals surface area contributed by atoms with Crippen LogP contribution in [0.5, 0.6) is 0 Å². The molecule has 2 aromatic rings. The number of amides is 4.